The molecule has 1 nitrogen and oxygen atoms in total. The molecule has 0 saturated carbocycles. The molecule has 4 heteroatoms. The molecule has 0 aliphatic carbocycles. The Kier molecular flexibility index (Phi) is 5.19. The van der Waals surface area contributed by atoms with Gasteiger partial charge in [-0.25, -0.2) is 4.39 Å². The van der Waals surface area contributed by atoms with Crippen molar-refractivity contribution >= 4 is 27.5 Å². The minimum absolute atomic E-state index is 0.170. The van der Waals surface area contributed by atoms with Gasteiger partial charge in [-0.2, -0.15) is 0 Å². The maximum Gasteiger partial charge on any atom is 0.141 e. The van der Waals surface area contributed by atoms with Crippen molar-refractivity contribution < 1.29 is 4.39 Å². The van der Waals surface area contributed by atoms with Crippen LogP contribution in [0.25, 0.3) is 0 Å². The van der Waals surface area contributed by atoms with Crippen molar-refractivity contribution in [2.45, 2.75) is 19.4 Å². The van der Waals surface area contributed by atoms with Gasteiger partial charge in [-0.3, -0.25) is 0 Å². The van der Waals surface area contributed by atoms with Crippen LogP contribution in [-0.4, -0.2) is 7.05 Å². The highest BCUT2D eigenvalue weighted by Gasteiger charge is 2.12. The fourth-order valence-corrected chi connectivity index (χ4v) is 2.62. The largest absolute Gasteiger partial charge is 0.313 e. The SMILES string of the molecule is CNC(Cc1ccc(F)c(Cl)c1)c1ccc(Br)c(C)c1. The van der Waals surface area contributed by atoms with Crippen LogP contribution in [0.3, 0.4) is 0 Å². The summed E-state index contributed by atoms with van der Waals surface area (Å²) in [6, 6.07) is 11.3. The lowest BCUT2D eigenvalue weighted by atomic mass is 9.98. The van der Waals surface area contributed by atoms with E-state index in [-0.39, 0.29) is 16.9 Å². The van der Waals surface area contributed by atoms with E-state index >= 15 is 0 Å². The lowest BCUT2D eigenvalue weighted by Crippen LogP contribution is -2.19. The van der Waals surface area contributed by atoms with Crippen LogP contribution >= 0.6 is 27.5 Å². The number of rotatable bonds is 4. The molecule has 0 spiro atoms. The van der Waals surface area contributed by atoms with E-state index in [9.17, 15) is 4.39 Å². The van der Waals surface area contributed by atoms with Crippen molar-refractivity contribution in [2.75, 3.05) is 7.05 Å². The molecule has 1 N–H and O–H groups in total. The molecule has 2 rings (SSSR count). The number of benzene rings is 2. The molecule has 20 heavy (non-hydrogen) atoms. The molecule has 0 heterocycles. The van der Waals surface area contributed by atoms with Gasteiger partial charge in [-0.05, 0) is 55.3 Å². The molecule has 0 saturated heterocycles. The van der Waals surface area contributed by atoms with Crippen molar-refractivity contribution in [3.63, 3.8) is 0 Å². The zero-order valence-corrected chi connectivity index (χ0v) is 13.7. The van der Waals surface area contributed by atoms with Crippen LogP contribution < -0.4 is 5.32 Å². The van der Waals surface area contributed by atoms with Crippen LogP contribution in [0.2, 0.25) is 5.02 Å². The summed E-state index contributed by atoms with van der Waals surface area (Å²) in [4.78, 5) is 0. The van der Waals surface area contributed by atoms with Gasteiger partial charge in [0, 0.05) is 10.5 Å². The molecule has 0 aromatic heterocycles. The second kappa shape index (κ2) is 6.70. The van der Waals surface area contributed by atoms with Gasteiger partial charge < -0.3 is 5.32 Å². The second-order valence-electron chi connectivity index (χ2n) is 4.80. The molecule has 0 radical (unpaired) electrons. The number of halogens is 3. The predicted octanol–water partition coefficient (Wildman–Crippen LogP) is 5.05. The maximum atomic E-state index is 13.2. The summed E-state index contributed by atoms with van der Waals surface area (Å²) in [5.41, 5.74) is 3.41. The highest BCUT2D eigenvalue weighted by molar-refractivity contribution is 9.10. The lowest BCUT2D eigenvalue weighted by molar-refractivity contribution is 0.588. The third-order valence-electron chi connectivity index (χ3n) is 3.36. The van der Waals surface area contributed by atoms with Crippen molar-refractivity contribution in [3.8, 4) is 0 Å². The smallest absolute Gasteiger partial charge is 0.141 e. The molecule has 2 aromatic carbocycles. The summed E-state index contributed by atoms with van der Waals surface area (Å²) in [7, 11) is 1.92. The Morgan fingerprint density at radius 3 is 2.60 bits per heavy atom. The van der Waals surface area contributed by atoms with Gasteiger partial charge in [0.05, 0.1) is 5.02 Å². The fraction of sp³-hybridized carbons (Fsp3) is 0.250. The van der Waals surface area contributed by atoms with Gasteiger partial charge >= 0.3 is 0 Å². The molecular weight excluding hydrogens is 341 g/mol. The van der Waals surface area contributed by atoms with Crippen LogP contribution in [0.15, 0.2) is 40.9 Å². The minimum Gasteiger partial charge on any atom is -0.313 e. The minimum atomic E-state index is -0.379. The van der Waals surface area contributed by atoms with E-state index in [2.05, 4.69) is 40.3 Å². The molecule has 0 fully saturated rings. The molecule has 2 aromatic rings. The number of hydrogen-bond acceptors (Lipinski definition) is 1. The summed E-state index contributed by atoms with van der Waals surface area (Å²) < 4.78 is 14.3. The van der Waals surface area contributed by atoms with Gasteiger partial charge in [-0.1, -0.05) is 45.7 Å². The van der Waals surface area contributed by atoms with Crippen molar-refractivity contribution in [1.29, 1.82) is 0 Å². The number of aryl methyl sites for hydroxylation is 1. The number of nitrogens with one attached hydrogen (secondary N) is 1. The summed E-state index contributed by atoms with van der Waals surface area (Å²) in [5.74, 6) is -0.379. The Morgan fingerprint density at radius 1 is 1.25 bits per heavy atom. The third kappa shape index (κ3) is 3.60. The molecular formula is C16H16BrClFN. The van der Waals surface area contributed by atoms with E-state index in [1.807, 2.05) is 13.1 Å². The Hall–Kier alpha value is -0.900. The van der Waals surface area contributed by atoms with Gasteiger partial charge in [0.25, 0.3) is 0 Å². The summed E-state index contributed by atoms with van der Waals surface area (Å²) in [6.45, 7) is 2.06. The molecule has 0 amide bonds. The predicted molar refractivity (Wildman–Crippen MR) is 85.8 cm³/mol. The van der Waals surface area contributed by atoms with E-state index in [1.165, 1.54) is 17.2 Å². The van der Waals surface area contributed by atoms with Crippen LogP contribution in [0.4, 0.5) is 4.39 Å². The molecule has 1 unspecified atom stereocenters. The van der Waals surface area contributed by atoms with E-state index in [0.29, 0.717) is 0 Å². The summed E-state index contributed by atoms with van der Waals surface area (Å²) >= 11 is 9.34. The zero-order valence-electron chi connectivity index (χ0n) is 11.4. The molecule has 0 bridgehead atoms. The van der Waals surface area contributed by atoms with Crippen molar-refractivity contribution in [3.05, 3.63) is 68.4 Å². The van der Waals surface area contributed by atoms with E-state index in [0.717, 1.165) is 16.5 Å². The average molecular weight is 357 g/mol. The first-order valence-corrected chi connectivity index (χ1v) is 7.55. The topological polar surface area (TPSA) is 12.0 Å². The molecule has 0 aliphatic heterocycles. The quantitative estimate of drug-likeness (QED) is 0.808. The third-order valence-corrected chi connectivity index (χ3v) is 4.54. The van der Waals surface area contributed by atoms with E-state index in [1.54, 1.807) is 12.1 Å². The van der Waals surface area contributed by atoms with Crippen molar-refractivity contribution in [2.24, 2.45) is 0 Å². The number of likely N-dealkylation sites (N-methyl/N-ethyl adjacent to an activating group) is 1. The van der Waals surface area contributed by atoms with Crippen molar-refractivity contribution in [1.82, 2.24) is 5.32 Å². The Bertz CT molecular complexity index is 615. The monoisotopic (exact) mass is 355 g/mol. The highest BCUT2D eigenvalue weighted by atomic mass is 79.9. The first-order chi connectivity index (χ1) is 9.51. The highest BCUT2D eigenvalue weighted by Crippen LogP contribution is 2.25. The summed E-state index contributed by atoms with van der Waals surface area (Å²) in [5, 5.41) is 3.47. The van der Waals surface area contributed by atoms with E-state index in [4.69, 9.17) is 11.6 Å². The average Bonchev–Trinajstić information content (AvgIpc) is 2.43. The second-order valence-corrected chi connectivity index (χ2v) is 6.06. The Morgan fingerprint density at radius 2 is 2.00 bits per heavy atom. The van der Waals surface area contributed by atoms with Crippen LogP contribution in [-0.2, 0) is 6.42 Å². The van der Waals surface area contributed by atoms with E-state index < -0.39 is 0 Å². The fourth-order valence-electron chi connectivity index (χ4n) is 2.17. The zero-order chi connectivity index (χ0) is 14.7. The normalized spacial score (nSPS) is 12.4. The van der Waals surface area contributed by atoms with Gasteiger partial charge in [0.1, 0.15) is 5.82 Å². The standard InChI is InChI=1S/C16H16BrClFN/c1-10-7-12(4-5-13(10)17)16(20-2)9-11-3-6-15(19)14(18)8-11/h3-8,16,20H,9H2,1-2H3. The first kappa shape index (κ1) is 15.5. The number of hydrogen-bond donors (Lipinski definition) is 1. The van der Waals surface area contributed by atoms with Crippen LogP contribution in [0.1, 0.15) is 22.7 Å². The molecule has 1 atom stereocenters. The summed E-state index contributed by atoms with van der Waals surface area (Å²) in [6.07, 6.45) is 0.761. The maximum absolute atomic E-state index is 13.2. The lowest BCUT2D eigenvalue weighted by Gasteiger charge is -2.18. The van der Waals surface area contributed by atoms with Crippen LogP contribution in [0, 0.1) is 12.7 Å². The Labute approximate surface area is 132 Å². The van der Waals surface area contributed by atoms with Crippen LogP contribution in [0.5, 0.6) is 0 Å². The molecule has 0 aliphatic rings. The van der Waals surface area contributed by atoms with Gasteiger partial charge in [0.2, 0.25) is 0 Å². The first-order valence-electron chi connectivity index (χ1n) is 6.38. The van der Waals surface area contributed by atoms with Gasteiger partial charge in [0.15, 0.2) is 0 Å². The van der Waals surface area contributed by atoms with Gasteiger partial charge in [-0.15, -0.1) is 0 Å². The Balaban J connectivity index is 2.23. The molecule has 106 valence electrons.